The maximum atomic E-state index is 10.9. The molecule has 0 bridgehead atoms. The molecule has 0 atom stereocenters. The van der Waals surface area contributed by atoms with E-state index >= 15 is 0 Å². The molecule has 0 radical (unpaired) electrons. The molecule has 4 nitrogen and oxygen atoms in total. The summed E-state index contributed by atoms with van der Waals surface area (Å²) in [7, 11) is 0. The Hall–Kier alpha value is -3.10. The van der Waals surface area contributed by atoms with E-state index in [4.69, 9.17) is 5.26 Å². The standard InChI is InChI=1S/C19H12N2O2S/c20-13-16-12-18(10-11-19(16)21(22)23)24-17-8-6-15(7-9-17)14-4-2-1-3-5-14/h1-12H. The molecule has 0 fully saturated rings. The van der Waals surface area contributed by atoms with E-state index in [0.29, 0.717) is 0 Å². The summed E-state index contributed by atoms with van der Waals surface area (Å²) in [4.78, 5) is 12.1. The maximum absolute atomic E-state index is 10.9. The molecule has 0 aliphatic carbocycles. The summed E-state index contributed by atoms with van der Waals surface area (Å²) in [5.74, 6) is 0. The highest BCUT2D eigenvalue weighted by atomic mass is 32.2. The molecule has 24 heavy (non-hydrogen) atoms. The van der Waals surface area contributed by atoms with Gasteiger partial charge in [-0.15, -0.1) is 0 Å². The van der Waals surface area contributed by atoms with E-state index in [2.05, 4.69) is 12.1 Å². The first-order valence-electron chi connectivity index (χ1n) is 7.19. The van der Waals surface area contributed by atoms with Gasteiger partial charge in [-0.3, -0.25) is 10.1 Å². The summed E-state index contributed by atoms with van der Waals surface area (Å²) >= 11 is 1.47. The SMILES string of the molecule is N#Cc1cc(Sc2ccc(-c3ccccc3)cc2)ccc1[N+](=O)[O-]. The van der Waals surface area contributed by atoms with Crippen LogP contribution in [0.2, 0.25) is 0 Å². The van der Waals surface area contributed by atoms with Crippen LogP contribution in [-0.2, 0) is 0 Å². The average Bonchev–Trinajstić information content (AvgIpc) is 2.63. The van der Waals surface area contributed by atoms with Gasteiger partial charge in [0.25, 0.3) is 5.69 Å². The van der Waals surface area contributed by atoms with Crippen molar-refractivity contribution in [1.29, 1.82) is 5.26 Å². The molecular formula is C19H12N2O2S. The Labute approximate surface area is 143 Å². The Morgan fingerprint density at radius 2 is 1.50 bits per heavy atom. The summed E-state index contributed by atoms with van der Waals surface area (Å²) < 4.78 is 0. The van der Waals surface area contributed by atoms with Crippen LogP contribution in [0.5, 0.6) is 0 Å². The Morgan fingerprint density at radius 3 is 2.12 bits per heavy atom. The van der Waals surface area contributed by atoms with E-state index in [1.54, 1.807) is 12.1 Å². The van der Waals surface area contributed by atoms with Crippen LogP contribution in [0.1, 0.15) is 5.56 Å². The van der Waals surface area contributed by atoms with Crippen LogP contribution in [0.3, 0.4) is 0 Å². The number of hydrogen-bond donors (Lipinski definition) is 0. The summed E-state index contributed by atoms with van der Waals surface area (Å²) in [6, 6.07) is 24.6. The highest BCUT2D eigenvalue weighted by Gasteiger charge is 2.14. The Morgan fingerprint density at radius 1 is 0.875 bits per heavy atom. The Kier molecular flexibility index (Phi) is 4.59. The minimum atomic E-state index is -0.540. The van der Waals surface area contributed by atoms with Crippen LogP contribution < -0.4 is 0 Å². The molecule has 0 saturated heterocycles. The minimum Gasteiger partial charge on any atom is -0.258 e. The van der Waals surface area contributed by atoms with E-state index in [9.17, 15) is 10.1 Å². The van der Waals surface area contributed by atoms with Crippen molar-refractivity contribution in [2.45, 2.75) is 9.79 Å². The van der Waals surface area contributed by atoms with Crippen LogP contribution in [0.25, 0.3) is 11.1 Å². The average molecular weight is 332 g/mol. The second-order valence-corrected chi connectivity index (χ2v) is 6.19. The van der Waals surface area contributed by atoms with Gasteiger partial charge < -0.3 is 0 Å². The number of rotatable bonds is 4. The Balaban J connectivity index is 1.82. The third-order valence-corrected chi connectivity index (χ3v) is 4.48. The molecule has 116 valence electrons. The van der Waals surface area contributed by atoms with Gasteiger partial charge in [0.2, 0.25) is 0 Å². The minimum absolute atomic E-state index is 0.0749. The summed E-state index contributed by atoms with van der Waals surface area (Å²) in [5.41, 5.74) is 2.18. The van der Waals surface area contributed by atoms with Gasteiger partial charge in [-0.2, -0.15) is 5.26 Å². The lowest BCUT2D eigenvalue weighted by Crippen LogP contribution is -1.92. The second-order valence-electron chi connectivity index (χ2n) is 5.04. The van der Waals surface area contributed by atoms with Gasteiger partial charge in [0.15, 0.2) is 0 Å². The van der Waals surface area contributed by atoms with E-state index in [1.807, 2.05) is 48.5 Å². The molecule has 5 heteroatoms. The fraction of sp³-hybridized carbons (Fsp3) is 0. The fourth-order valence-corrected chi connectivity index (χ4v) is 3.17. The van der Waals surface area contributed by atoms with Gasteiger partial charge in [-0.25, -0.2) is 0 Å². The number of benzene rings is 3. The molecule has 3 aromatic carbocycles. The van der Waals surface area contributed by atoms with Crippen molar-refractivity contribution >= 4 is 17.4 Å². The molecule has 0 aromatic heterocycles. The van der Waals surface area contributed by atoms with E-state index in [1.165, 1.54) is 17.8 Å². The topological polar surface area (TPSA) is 66.9 Å². The molecule has 0 heterocycles. The first kappa shape index (κ1) is 15.8. The van der Waals surface area contributed by atoms with Gasteiger partial charge in [-0.1, -0.05) is 54.2 Å². The van der Waals surface area contributed by atoms with Gasteiger partial charge in [0.05, 0.1) is 4.92 Å². The molecule has 0 N–H and O–H groups in total. The van der Waals surface area contributed by atoms with Gasteiger partial charge in [0, 0.05) is 15.9 Å². The molecule has 0 unspecified atom stereocenters. The fourth-order valence-electron chi connectivity index (χ4n) is 2.31. The molecule has 0 saturated carbocycles. The normalized spacial score (nSPS) is 10.1. The largest absolute Gasteiger partial charge is 0.287 e. The molecule has 0 aliphatic rings. The predicted octanol–water partition coefficient (Wildman–Crippen LogP) is 5.28. The third kappa shape index (κ3) is 3.45. The Bertz CT molecular complexity index is 916. The zero-order chi connectivity index (χ0) is 16.9. The number of hydrogen-bond acceptors (Lipinski definition) is 4. The monoisotopic (exact) mass is 332 g/mol. The van der Waals surface area contributed by atoms with Crippen LogP contribution in [0, 0.1) is 21.4 Å². The second kappa shape index (κ2) is 6.99. The first-order valence-corrected chi connectivity index (χ1v) is 8.01. The highest BCUT2D eigenvalue weighted by Crippen LogP contribution is 2.32. The van der Waals surface area contributed by atoms with Crippen molar-refractivity contribution in [2.24, 2.45) is 0 Å². The van der Waals surface area contributed by atoms with Gasteiger partial charge in [-0.05, 0) is 35.4 Å². The highest BCUT2D eigenvalue weighted by molar-refractivity contribution is 7.99. The molecule has 0 aliphatic heterocycles. The first-order chi connectivity index (χ1) is 11.7. The lowest BCUT2D eigenvalue weighted by atomic mass is 10.1. The van der Waals surface area contributed by atoms with Crippen molar-refractivity contribution in [3.8, 4) is 17.2 Å². The molecule has 0 spiro atoms. The lowest BCUT2D eigenvalue weighted by molar-refractivity contribution is -0.385. The van der Waals surface area contributed by atoms with Crippen molar-refractivity contribution in [1.82, 2.24) is 0 Å². The van der Waals surface area contributed by atoms with Crippen LogP contribution in [0.15, 0.2) is 82.6 Å². The lowest BCUT2D eigenvalue weighted by Gasteiger charge is -2.05. The van der Waals surface area contributed by atoms with Crippen molar-refractivity contribution in [2.75, 3.05) is 0 Å². The zero-order valence-corrected chi connectivity index (χ0v) is 13.4. The number of nitro groups is 1. The van der Waals surface area contributed by atoms with Crippen LogP contribution >= 0.6 is 11.8 Å². The maximum Gasteiger partial charge on any atom is 0.287 e. The number of nitro benzene ring substituents is 1. The quantitative estimate of drug-likeness (QED) is 0.481. The smallest absolute Gasteiger partial charge is 0.258 e. The van der Waals surface area contributed by atoms with E-state index in [0.717, 1.165) is 20.9 Å². The van der Waals surface area contributed by atoms with E-state index < -0.39 is 4.92 Å². The summed E-state index contributed by atoms with van der Waals surface area (Å²) in [5, 5.41) is 19.9. The molecule has 3 rings (SSSR count). The zero-order valence-electron chi connectivity index (χ0n) is 12.5. The summed E-state index contributed by atoms with van der Waals surface area (Å²) in [6.45, 7) is 0. The molecular weight excluding hydrogens is 320 g/mol. The van der Waals surface area contributed by atoms with E-state index in [-0.39, 0.29) is 11.3 Å². The van der Waals surface area contributed by atoms with Gasteiger partial charge in [0.1, 0.15) is 11.6 Å². The number of nitriles is 1. The van der Waals surface area contributed by atoms with Crippen LogP contribution in [0.4, 0.5) is 5.69 Å². The molecule has 0 amide bonds. The third-order valence-electron chi connectivity index (χ3n) is 3.48. The molecule has 3 aromatic rings. The summed E-state index contributed by atoms with van der Waals surface area (Å²) in [6.07, 6.45) is 0. The van der Waals surface area contributed by atoms with Crippen molar-refractivity contribution in [3.63, 3.8) is 0 Å². The van der Waals surface area contributed by atoms with Crippen LogP contribution in [-0.4, -0.2) is 4.92 Å². The van der Waals surface area contributed by atoms with Gasteiger partial charge >= 0.3 is 0 Å². The van der Waals surface area contributed by atoms with Crippen molar-refractivity contribution < 1.29 is 4.92 Å². The van der Waals surface area contributed by atoms with Crippen molar-refractivity contribution in [3.05, 3.63) is 88.5 Å². The predicted molar refractivity (Wildman–Crippen MR) is 93.8 cm³/mol. The number of nitrogens with zero attached hydrogens (tertiary/aromatic N) is 2.